The van der Waals surface area contributed by atoms with E-state index in [0.717, 1.165) is 12.3 Å². The van der Waals surface area contributed by atoms with Gasteiger partial charge in [0, 0.05) is 44.5 Å². The molecule has 0 saturated carbocycles. The van der Waals surface area contributed by atoms with Crippen LogP contribution in [0.25, 0.3) is 0 Å². The minimum absolute atomic E-state index is 0.0174. The molecule has 0 aromatic carbocycles. The summed E-state index contributed by atoms with van der Waals surface area (Å²) in [6, 6.07) is 2.62. The number of aromatic nitrogens is 3. The zero-order valence-electron chi connectivity index (χ0n) is 16.0. The van der Waals surface area contributed by atoms with Crippen LogP contribution < -0.4 is 4.90 Å². The van der Waals surface area contributed by atoms with Crippen LogP contribution in [0.2, 0.25) is 0 Å². The minimum atomic E-state index is -4.47. The Morgan fingerprint density at radius 2 is 1.93 bits per heavy atom. The van der Waals surface area contributed by atoms with E-state index in [9.17, 15) is 26.7 Å². The molecule has 11 heteroatoms. The van der Waals surface area contributed by atoms with Gasteiger partial charge in [0.1, 0.15) is 0 Å². The number of pyridine rings is 1. The normalized spacial score (nSPS) is 17.2. The maximum Gasteiger partial charge on any atom is 0.417 e. The molecule has 2 aromatic heterocycles. The van der Waals surface area contributed by atoms with Crippen molar-refractivity contribution in [2.45, 2.75) is 32.5 Å². The van der Waals surface area contributed by atoms with Crippen molar-refractivity contribution in [3.63, 3.8) is 0 Å². The van der Waals surface area contributed by atoms with Crippen LogP contribution in [0, 0.1) is 12.8 Å². The standard InChI is InChI=1S/C19H18F5N5O/c1-10-4-15(18(30)29-8-12(9-29)16(20)21)26-27-17(10)28-3-2-14-11(7-28)5-13(6-25-14)19(22,23)24/h4-6,12,16H,2-3,7-9H2,1H3. The average Bonchev–Trinajstić information content (AvgIpc) is 2.64. The molecule has 0 atom stereocenters. The molecule has 1 fully saturated rings. The van der Waals surface area contributed by atoms with Gasteiger partial charge in [-0.2, -0.15) is 13.2 Å². The second kappa shape index (κ2) is 7.44. The van der Waals surface area contributed by atoms with Crippen molar-refractivity contribution in [1.29, 1.82) is 0 Å². The number of nitrogens with zero attached hydrogens (tertiary/aromatic N) is 5. The first-order valence-electron chi connectivity index (χ1n) is 9.35. The Balaban J connectivity index is 1.50. The molecule has 1 saturated heterocycles. The smallest absolute Gasteiger partial charge is 0.350 e. The van der Waals surface area contributed by atoms with Gasteiger partial charge in [-0.05, 0) is 30.2 Å². The van der Waals surface area contributed by atoms with E-state index in [1.165, 1.54) is 11.0 Å². The van der Waals surface area contributed by atoms with Crippen molar-refractivity contribution in [3.05, 3.63) is 46.4 Å². The van der Waals surface area contributed by atoms with E-state index in [2.05, 4.69) is 15.2 Å². The van der Waals surface area contributed by atoms with Crippen LogP contribution in [0.5, 0.6) is 0 Å². The summed E-state index contributed by atoms with van der Waals surface area (Å²) in [5.41, 5.74) is 0.965. The number of halogens is 5. The molecule has 2 aliphatic heterocycles. The number of alkyl halides is 5. The largest absolute Gasteiger partial charge is 0.417 e. The number of rotatable bonds is 3. The lowest BCUT2D eigenvalue weighted by Gasteiger charge is -2.38. The second-order valence-corrected chi connectivity index (χ2v) is 7.54. The van der Waals surface area contributed by atoms with E-state index < -0.39 is 30.0 Å². The number of fused-ring (bicyclic) bond motifs is 1. The van der Waals surface area contributed by atoms with E-state index in [-0.39, 0.29) is 25.3 Å². The first-order valence-corrected chi connectivity index (χ1v) is 9.35. The molecule has 0 bridgehead atoms. The van der Waals surface area contributed by atoms with Crippen molar-refractivity contribution in [2.75, 3.05) is 24.5 Å². The highest BCUT2D eigenvalue weighted by Crippen LogP contribution is 2.32. The third-order valence-corrected chi connectivity index (χ3v) is 5.40. The Hall–Kier alpha value is -2.85. The van der Waals surface area contributed by atoms with Gasteiger partial charge in [0.05, 0.1) is 11.5 Å². The number of anilines is 1. The van der Waals surface area contributed by atoms with Gasteiger partial charge in [-0.15, -0.1) is 10.2 Å². The summed E-state index contributed by atoms with van der Waals surface area (Å²) in [4.78, 5) is 19.4. The van der Waals surface area contributed by atoms with Crippen LogP contribution in [0.4, 0.5) is 27.8 Å². The van der Waals surface area contributed by atoms with E-state index >= 15 is 0 Å². The Bertz CT molecular complexity index is 974. The number of carbonyl (C=O) groups is 1. The van der Waals surface area contributed by atoms with Gasteiger partial charge in [-0.3, -0.25) is 9.78 Å². The summed E-state index contributed by atoms with van der Waals surface area (Å²) in [6.45, 7) is 2.37. The molecule has 0 aliphatic carbocycles. The molecule has 1 amide bonds. The fourth-order valence-electron chi connectivity index (χ4n) is 3.66. The van der Waals surface area contributed by atoms with Gasteiger partial charge in [-0.25, -0.2) is 8.78 Å². The summed E-state index contributed by atoms with van der Waals surface area (Å²) >= 11 is 0. The first kappa shape index (κ1) is 20.4. The lowest BCUT2D eigenvalue weighted by atomic mass is 10.0. The van der Waals surface area contributed by atoms with E-state index in [1.54, 1.807) is 11.8 Å². The van der Waals surface area contributed by atoms with Crippen molar-refractivity contribution in [1.82, 2.24) is 20.1 Å². The van der Waals surface area contributed by atoms with Gasteiger partial charge in [0.25, 0.3) is 5.91 Å². The molecule has 2 aromatic rings. The Morgan fingerprint density at radius 1 is 1.20 bits per heavy atom. The summed E-state index contributed by atoms with van der Waals surface area (Å²) in [5.74, 6) is -0.813. The van der Waals surface area contributed by atoms with Crippen LogP contribution in [0.3, 0.4) is 0 Å². The van der Waals surface area contributed by atoms with Crippen molar-refractivity contribution >= 4 is 11.7 Å². The first-order chi connectivity index (χ1) is 14.1. The van der Waals surface area contributed by atoms with Gasteiger partial charge >= 0.3 is 6.18 Å². The zero-order valence-corrected chi connectivity index (χ0v) is 16.0. The number of amides is 1. The van der Waals surface area contributed by atoms with Crippen molar-refractivity contribution in [2.24, 2.45) is 5.92 Å². The summed E-state index contributed by atoms with van der Waals surface area (Å²) in [5, 5.41) is 8.03. The molecule has 4 rings (SSSR count). The monoisotopic (exact) mass is 427 g/mol. The number of likely N-dealkylation sites (tertiary alicyclic amines) is 1. The molecule has 160 valence electrons. The Labute approximate surface area is 168 Å². The maximum absolute atomic E-state index is 13.0. The lowest BCUT2D eigenvalue weighted by Crippen LogP contribution is -2.52. The molecular formula is C19H18F5N5O. The molecule has 0 N–H and O–H groups in total. The maximum atomic E-state index is 13.0. The second-order valence-electron chi connectivity index (χ2n) is 7.54. The fraction of sp³-hybridized carbons (Fsp3) is 0.474. The van der Waals surface area contributed by atoms with Gasteiger partial charge in [0.2, 0.25) is 6.43 Å². The highest BCUT2D eigenvalue weighted by molar-refractivity contribution is 5.93. The Morgan fingerprint density at radius 3 is 2.57 bits per heavy atom. The molecule has 0 radical (unpaired) electrons. The highest BCUT2D eigenvalue weighted by atomic mass is 19.4. The summed E-state index contributed by atoms with van der Waals surface area (Å²) in [6.07, 6.45) is -5.63. The molecule has 0 spiro atoms. The highest BCUT2D eigenvalue weighted by Gasteiger charge is 2.38. The van der Waals surface area contributed by atoms with Crippen LogP contribution in [-0.4, -0.2) is 52.0 Å². The quantitative estimate of drug-likeness (QED) is 0.705. The molecule has 30 heavy (non-hydrogen) atoms. The predicted molar refractivity (Wildman–Crippen MR) is 96.2 cm³/mol. The molecule has 0 unspecified atom stereocenters. The molecule has 2 aliphatic rings. The summed E-state index contributed by atoms with van der Waals surface area (Å²) in [7, 11) is 0. The zero-order chi connectivity index (χ0) is 21.6. The molecule has 4 heterocycles. The predicted octanol–water partition coefficient (Wildman–Crippen LogP) is 3.10. The van der Waals surface area contributed by atoms with E-state index in [4.69, 9.17) is 0 Å². The number of hydrogen-bond acceptors (Lipinski definition) is 5. The van der Waals surface area contributed by atoms with E-state index in [1.807, 2.05) is 0 Å². The topological polar surface area (TPSA) is 62.2 Å². The van der Waals surface area contributed by atoms with Gasteiger partial charge in [0.15, 0.2) is 11.5 Å². The third-order valence-electron chi connectivity index (χ3n) is 5.40. The van der Waals surface area contributed by atoms with Crippen LogP contribution in [0.15, 0.2) is 18.3 Å². The minimum Gasteiger partial charge on any atom is -0.350 e. The Kier molecular flexibility index (Phi) is 5.07. The fourth-order valence-corrected chi connectivity index (χ4v) is 3.66. The lowest BCUT2D eigenvalue weighted by molar-refractivity contribution is -0.137. The van der Waals surface area contributed by atoms with Crippen LogP contribution >= 0.6 is 0 Å². The van der Waals surface area contributed by atoms with Crippen molar-refractivity contribution in [3.8, 4) is 0 Å². The number of aryl methyl sites for hydroxylation is 1. The van der Waals surface area contributed by atoms with Crippen LogP contribution in [-0.2, 0) is 19.1 Å². The third kappa shape index (κ3) is 3.80. The number of carbonyl (C=O) groups excluding carboxylic acids is 1. The SMILES string of the molecule is Cc1cc(C(=O)N2CC(C(F)F)C2)nnc1N1CCc2ncc(C(F)(F)F)cc2C1. The van der Waals surface area contributed by atoms with Gasteiger partial charge in [-0.1, -0.05) is 0 Å². The summed E-state index contributed by atoms with van der Waals surface area (Å²) < 4.78 is 64.1. The van der Waals surface area contributed by atoms with Gasteiger partial charge < -0.3 is 9.80 Å². The molecular weight excluding hydrogens is 409 g/mol. The molecule has 6 nitrogen and oxygen atoms in total. The number of hydrogen-bond donors (Lipinski definition) is 0. The van der Waals surface area contributed by atoms with E-state index in [0.29, 0.717) is 35.6 Å². The average molecular weight is 427 g/mol. The van der Waals surface area contributed by atoms with Crippen molar-refractivity contribution < 1.29 is 26.7 Å². The van der Waals surface area contributed by atoms with Crippen LogP contribution in [0.1, 0.15) is 32.9 Å².